The van der Waals surface area contributed by atoms with Gasteiger partial charge in [-0.2, -0.15) is 0 Å². The van der Waals surface area contributed by atoms with Gasteiger partial charge in [-0.05, 0) is 37.7 Å². The maximum atomic E-state index is 12.5. The SMILES string of the molecule is COc1cccc(CNC(=O)C(C)N(C)Cc2ccc(OC)cc2OC)c1. The van der Waals surface area contributed by atoms with Gasteiger partial charge in [0.05, 0.1) is 27.4 Å². The molecule has 2 aromatic rings. The van der Waals surface area contributed by atoms with Gasteiger partial charge < -0.3 is 19.5 Å². The summed E-state index contributed by atoms with van der Waals surface area (Å²) >= 11 is 0. The highest BCUT2D eigenvalue weighted by atomic mass is 16.5. The normalized spacial score (nSPS) is 11.8. The predicted molar refractivity (Wildman–Crippen MR) is 105 cm³/mol. The summed E-state index contributed by atoms with van der Waals surface area (Å²) in [6.45, 7) is 2.93. The average molecular weight is 372 g/mol. The zero-order valence-corrected chi connectivity index (χ0v) is 16.6. The number of amides is 1. The van der Waals surface area contributed by atoms with E-state index in [1.165, 1.54) is 0 Å². The average Bonchev–Trinajstić information content (AvgIpc) is 2.71. The Bertz CT molecular complexity index is 764. The van der Waals surface area contributed by atoms with Gasteiger partial charge >= 0.3 is 0 Å². The zero-order valence-electron chi connectivity index (χ0n) is 16.6. The molecule has 0 bridgehead atoms. The number of methoxy groups -OCH3 is 3. The van der Waals surface area contributed by atoms with E-state index in [-0.39, 0.29) is 11.9 Å². The van der Waals surface area contributed by atoms with Gasteiger partial charge in [-0.15, -0.1) is 0 Å². The van der Waals surface area contributed by atoms with Gasteiger partial charge in [-0.3, -0.25) is 9.69 Å². The molecule has 0 fully saturated rings. The van der Waals surface area contributed by atoms with Crippen molar-refractivity contribution in [2.24, 2.45) is 0 Å². The molecule has 146 valence electrons. The van der Waals surface area contributed by atoms with Crippen LogP contribution in [0, 0.1) is 0 Å². The number of carbonyl (C=O) groups excluding carboxylic acids is 1. The van der Waals surface area contributed by atoms with Crippen LogP contribution in [0.4, 0.5) is 0 Å². The maximum absolute atomic E-state index is 12.5. The summed E-state index contributed by atoms with van der Waals surface area (Å²) < 4.78 is 15.9. The van der Waals surface area contributed by atoms with E-state index in [4.69, 9.17) is 14.2 Å². The van der Waals surface area contributed by atoms with Crippen LogP contribution in [0.2, 0.25) is 0 Å². The number of hydrogen-bond acceptors (Lipinski definition) is 5. The minimum atomic E-state index is -0.289. The van der Waals surface area contributed by atoms with E-state index in [1.807, 2.05) is 61.3 Å². The number of rotatable bonds is 9. The van der Waals surface area contributed by atoms with Crippen molar-refractivity contribution in [3.05, 3.63) is 53.6 Å². The van der Waals surface area contributed by atoms with Crippen molar-refractivity contribution < 1.29 is 19.0 Å². The summed E-state index contributed by atoms with van der Waals surface area (Å²) in [6.07, 6.45) is 0. The van der Waals surface area contributed by atoms with Gasteiger partial charge in [0.2, 0.25) is 5.91 Å². The molecule has 0 aliphatic heterocycles. The lowest BCUT2D eigenvalue weighted by Crippen LogP contribution is -2.42. The monoisotopic (exact) mass is 372 g/mol. The molecule has 2 rings (SSSR count). The molecule has 0 heterocycles. The number of carbonyl (C=O) groups is 1. The third-order valence-corrected chi connectivity index (χ3v) is 4.56. The summed E-state index contributed by atoms with van der Waals surface area (Å²) in [4.78, 5) is 14.5. The second kappa shape index (κ2) is 9.83. The molecule has 27 heavy (non-hydrogen) atoms. The van der Waals surface area contributed by atoms with E-state index in [9.17, 15) is 4.79 Å². The number of likely N-dealkylation sites (N-methyl/N-ethyl adjacent to an activating group) is 1. The maximum Gasteiger partial charge on any atom is 0.237 e. The van der Waals surface area contributed by atoms with Crippen LogP contribution in [0.5, 0.6) is 17.2 Å². The van der Waals surface area contributed by atoms with Crippen LogP contribution in [0.25, 0.3) is 0 Å². The topological polar surface area (TPSA) is 60.0 Å². The number of nitrogens with zero attached hydrogens (tertiary/aromatic N) is 1. The van der Waals surface area contributed by atoms with Gasteiger partial charge in [-0.25, -0.2) is 0 Å². The number of nitrogens with one attached hydrogen (secondary N) is 1. The lowest BCUT2D eigenvalue weighted by atomic mass is 10.1. The van der Waals surface area contributed by atoms with E-state index in [0.717, 1.165) is 28.4 Å². The summed E-state index contributed by atoms with van der Waals surface area (Å²) in [5.41, 5.74) is 1.99. The molecule has 0 spiro atoms. The van der Waals surface area contributed by atoms with Crippen LogP contribution < -0.4 is 19.5 Å². The smallest absolute Gasteiger partial charge is 0.237 e. The van der Waals surface area contributed by atoms with Crippen molar-refractivity contribution in [3.63, 3.8) is 0 Å². The van der Waals surface area contributed by atoms with Gasteiger partial charge in [0.1, 0.15) is 17.2 Å². The van der Waals surface area contributed by atoms with Gasteiger partial charge in [0.25, 0.3) is 0 Å². The molecule has 1 amide bonds. The largest absolute Gasteiger partial charge is 0.497 e. The van der Waals surface area contributed by atoms with E-state index in [2.05, 4.69) is 5.32 Å². The first kappa shape index (κ1) is 20.6. The highest BCUT2D eigenvalue weighted by Crippen LogP contribution is 2.25. The van der Waals surface area contributed by atoms with Crippen LogP contribution in [-0.4, -0.2) is 45.2 Å². The highest BCUT2D eigenvalue weighted by molar-refractivity contribution is 5.81. The molecule has 0 saturated heterocycles. The molecule has 6 heteroatoms. The second-order valence-electron chi connectivity index (χ2n) is 6.34. The fraction of sp³-hybridized carbons (Fsp3) is 0.381. The Morgan fingerprint density at radius 3 is 2.41 bits per heavy atom. The Balaban J connectivity index is 1.95. The first-order valence-electron chi connectivity index (χ1n) is 8.80. The third-order valence-electron chi connectivity index (χ3n) is 4.56. The molecule has 2 aromatic carbocycles. The Labute approximate surface area is 161 Å². The fourth-order valence-corrected chi connectivity index (χ4v) is 2.71. The van der Waals surface area contributed by atoms with Crippen molar-refractivity contribution in [1.82, 2.24) is 10.2 Å². The van der Waals surface area contributed by atoms with Gasteiger partial charge in [0.15, 0.2) is 0 Å². The van der Waals surface area contributed by atoms with Crippen molar-refractivity contribution in [2.75, 3.05) is 28.4 Å². The fourth-order valence-electron chi connectivity index (χ4n) is 2.71. The van der Waals surface area contributed by atoms with Crippen molar-refractivity contribution >= 4 is 5.91 Å². The van der Waals surface area contributed by atoms with E-state index < -0.39 is 0 Å². The summed E-state index contributed by atoms with van der Waals surface area (Å²) in [7, 11) is 6.79. The molecule has 1 N–H and O–H groups in total. The molecule has 1 atom stereocenters. The lowest BCUT2D eigenvalue weighted by Gasteiger charge is -2.25. The zero-order chi connectivity index (χ0) is 19.8. The first-order chi connectivity index (χ1) is 13.0. The predicted octanol–water partition coefficient (Wildman–Crippen LogP) is 2.85. The molecule has 1 unspecified atom stereocenters. The Kier molecular flexibility index (Phi) is 7.49. The summed E-state index contributed by atoms with van der Waals surface area (Å²) in [5.74, 6) is 2.22. The van der Waals surface area contributed by atoms with Crippen molar-refractivity contribution in [3.8, 4) is 17.2 Å². The molecule has 0 aliphatic carbocycles. The van der Waals surface area contributed by atoms with Crippen molar-refractivity contribution in [2.45, 2.75) is 26.1 Å². The van der Waals surface area contributed by atoms with Crippen LogP contribution in [-0.2, 0) is 17.9 Å². The Hall–Kier alpha value is -2.73. The van der Waals surface area contributed by atoms with E-state index in [0.29, 0.717) is 13.1 Å². The minimum absolute atomic E-state index is 0.0344. The molecule has 0 aromatic heterocycles. The number of hydrogen-bond donors (Lipinski definition) is 1. The summed E-state index contributed by atoms with van der Waals surface area (Å²) in [5, 5.41) is 2.98. The first-order valence-corrected chi connectivity index (χ1v) is 8.80. The Morgan fingerprint density at radius 1 is 1.04 bits per heavy atom. The van der Waals surface area contributed by atoms with E-state index >= 15 is 0 Å². The van der Waals surface area contributed by atoms with Crippen LogP contribution in [0.3, 0.4) is 0 Å². The summed E-state index contributed by atoms with van der Waals surface area (Å²) in [6, 6.07) is 13.1. The molecule has 0 radical (unpaired) electrons. The minimum Gasteiger partial charge on any atom is -0.497 e. The number of ether oxygens (including phenoxy) is 3. The standard InChI is InChI=1S/C21H28N2O4/c1-15(21(24)22-13-16-7-6-8-18(11-16)25-3)23(2)14-17-9-10-19(26-4)12-20(17)27-5/h6-12,15H,13-14H2,1-5H3,(H,22,24). The second-order valence-corrected chi connectivity index (χ2v) is 6.34. The van der Waals surface area contributed by atoms with E-state index in [1.54, 1.807) is 21.3 Å². The quantitative estimate of drug-likeness (QED) is 0.733. The van der Waals surface area contributed by atoms with Crippen LogP contribution in [0.15, 0.2) is 42.5 Å². The highest BCUT2D eigenvalue weighted by Gasteiger charge is 2.19. The Morgan fingerprint density at radius 2 is 1.74 bits per heavy atom. The molecular weight excluding hydrogens is 344 g/mol. The molecule has 6 nitrogen and oxygen atoms in total. The van der Waals surface area contributed by atoms with Crippen LogP contribution >= 0.6 is 0 Å². The van der Waals surface area contributed by atoms with Crippen LogP contribution in [0.1, 0.15) is 18.1 Å². The van der Waals surface area contributed by atoms with Gasteiger partial charge in [0, 0.05) is 24.7 Å². The number of benzene rings is 2. The molecule has 0 aliphatic rings. The van der Waals surface area contributed by atoms with Crippen molar-refractivity contribution in [1.29, 1.82) is 0 Å². The lowest BCUT2D eigenvalue weighted by molar-refractivity contribution is -0.125. The van der Waals surface area contributed by atoms with Gasteiger partial charge in [-0.1, -0.05) is 18.2 Å². The molecule has 0 saturated carbocycles. The molecular formula is C21H28N2O4. The third kappa shape index (κ3) is 5.62.